The maximum absolute atomic E-state index is 14.2. The third kappa shape index (κ3) is 5.89. The number of Topliss-reactive ketones (excluding diaryl/α,β-unsaturated/α-hetero) is 4. The van der Waals surface area contributed by atoms with E-state index in [1.807, 2.05) is 0 Å². The van der Waals surface area contributed by atoms with Crippen LogP contribution in [-0.4, -0.2) is 68.3 Å². The summed E-state index contributed by atoms with van der Waals surface area (Å²) in [7, 11) is 0. The number of fused-ring (bicyclic) bond motifs is 3. The fourth-order valence-electron chi connectivity index (χ4n) is 7.44. The maximum atomic E-state index is 14.2. The summed E-state index contributed by atoms with van der Waals surface area (Å²) in [6.45, 7) is 1.05. The number of aliphatic hydroxyl groups excluding tert-OH is 1. The van der Waals surface area contributed by atoms with Crippen molar-refractivity contribution in [2.24, 2.45) is 29.4 Å². The average Bonchev–Trinajstić information content (AvgIpc) is 3.11. The topological polar surface area (TPSA) is 240 Å². The Morgan fingerprint density at radius 3 is 2.08 bits per heavy atom. The highest BCUT2D eigenvalue weighted by Gasteiger charge is 2.70. The maximum Gasteiger partial charge on any atom is 0.433 e. The Morgan fingerprint density at radius 1 is 0.902 bits per heavy atom. The summed E-state index contributed by atoms with van der Waals surface area (Å²) < 4.78 is 10.8. The van der Waals surface area contributed by atoms with Gasteiger partial charge >= 0.3 is 12.2 Å². The molecule has 7 atom stereocenters. The third-order valence-corrected chi connectivity index (χ3v) is 9.86. The van der Waals surface area contributed by atoms with Crippen LogP contribution in [0.15, 0.2) is 72.8 Å². The molecule has 15 heteroatoms. The zero-order valence-corrected chi connectivity index (χ0v) is 27.1. The molecule has 2 fully saturated rings. The van der Waals surface area contributed by atoms with Crippen molar-refractivity contribution < 1.29 is 58.4 Å². The number of hydrogen-bond acceptors (Lipinski definition) is 12. The van der Waals surface area contributed by atoms with Crippen molar-refractivity contribution in [2.45, 2.75) is 44.2 Å². The van der Waals surface area contributed by atoms with E-state index < -0.39 is 100 Å². The molecule has 15 nitrogen and oxygen atoms in total. The van der Waals surface area contributed by atoms with Gasteiger partial charge in [0, 0.05) is 18.3 Å². The van der Waals surface area contributed by atoms with Crippen molar-refractivity contribution in [3.63, 3.8) is 0 Å². The minimum atomic E-state index is -3.11. The number of hydrogen-bond donors (Lipinski definition) is 5. The molecule has 0 heterocycles. The molecular weight excluding hydrogens is 666 g/mol. The number of carbonyl (C=O) groups is 7. The highest BCUT2D eigenvalue weighted by Crippen LogP contribution is 2.55. The van der Waals surface area contributed by atoms with Crippen molar-refractivity contribution in [2.75, 3.05) is 5.01 Å². The van der Waals surface area contributed by atoms with Crippen molar-refractivity contribution in [1.82, 2.24) is 5.43 Å². The summed E-state index contributed by atoms with van der Waals surface area (Å²) in [5, 5.41) is 34.8. The van der Waals surface area contributed by atoms with Crippen LogP contribution in [0, 0.1) is 23.7 Å². The SMILES string of the molecule is C[C@H]1c2c(N(NC(=O)OCc3ccccc3)C(=O)OCc3ccccc3)ccc(O)c2C(=O)C2C(=O)[C@]3(O)C(=O)C(C(N)=O)C(=O)C[C@@H]3[C@@H](O)[C@@H]21. The lowest BCUT2D eigenvalue weighted by molar-refractivity contribution is -0.189. The molecule has 0 saturated heterocycles. The third-order valence-electron chi connectivity index (χ3n) is 9.86. The van der Waals surface area contributed by atoms with Gasteiger partial charge in [0.2, 0.25) is 5.91 Å². The minimum Gasteiger partial charge on any atom is -0.507 e. The fraction of sp³-hybridized carbons (Fsp3) is 0.306. The first-order valence-corrected chi connectivity index (χ1v) is 16.0. The van der Waals surface area contributed by atoms with Gasteiger partial charge in [0.1, 0.15) is 19.0 Å². The van der Waals surface area contributed by atoms with Gasteiger partial charge in [-0.05, 0) is 34.7 Å². The Balaban J connectivity index is 1.40. The van der Waals surface area contributed by atoms with E-state index in [0.29, 0.717) is 16.1 Å². The van der Waals surface area contributed by atoms with E-state index in [0.717, 1.165) is 6.07 Å². The largest absolute Gasteiger partial charge is 0.507 e. The normalized spacial score (nSPS) is 26.6. The van der Waals surface area contributed by atoms with Crippen molar-refractivity contribution >= 4 is 46.9 Å². The first-order chi connectivity index (χ1) is 24.3. The molecule has 0 spiro atoms. The molecule has 3 aliphatic carbocycles. The summed E-state index contributed by atoms with van der Waals surface area (Å²) in [6, 6.07) is 19.5. The quantitative estimate of drug-likeness (QED) is 0.183. The molecule has 51 heavy (non-hydrogen) atoms. The van der Waals surface area contributed by atoms with Crippen LogP contribution in [0.25, 0.3) is 0 Å². The predicted octanol–water partition coefficient (Wildman–Crippen LogP) is 1.84. The average molecular weight is 700 g/mol. The number of nitrogens with two attached hydrogens (primary N) is 1. The Hall–Kier alpha value is -5.93. The second-order valence-electron chi connectivity index (χ2n) is 12.7. The number of ketones is 4. The Morgan fingerprint density at radius 2 is 1.49 bits per heavy atom. The molecule has 3 aromatic rings. The zero-order chi connectivity index (χ0) is 36.8. The van der Waals surface area contributed by atoms with Crippen molar-refractivity contribution in [3.8, 4) is 5.75 Å². The van der Waals surface area contributed by atoms with E-state index in [1.54, 1.807) is 60.7 Å². The first kappa shape index (κ1) is 34.9. The molecule has 3 aliphatic rings. The molecule has 264 valence electrons. The first-order valence-electron chi connectivity index (χ1n) is 16.0. The number of ether oxygens (including phenoxy) is 2. The van der Waals surface area contributed by atoms with Crippen LogP contribution < -0.4 is 16.2 Å². The lowest BCUT2D eigenvalue weighted by atomic mass is 9.50. The van der Waals surface area contributed by atoms with Gasteiger partial charge in [-0.1, -0.05) is 67.6 Å². The Bertz CT molecular complexity index is 1950. The fourth-order valence-corrected chi connectivity index (χ4v) is 7.44. The highest BCUT2D eigenvalue weighted by molar-refractivity contribution is 6.31. The molecule has 6 rings (SSSR count). The van der Waals surface area contributed by atoms with Gasteiger partial charge in [0.05, 0.1) is 23.3 Å². The molecule has 0 radical (unpaired) electrons. The van der Waals surface area contributed by atoms with Crippen molar-refractivity contribution in [3.05, 3.63) is 95.1 Å². The number of rotatable bonds is 6. The van der Waals surface area contributed by atoms with E-state index in [9.17, 15) is 48.9 Å². The Kier molecular flexibility index (Phi) is 9.18. The van der Waals surface area contributed by atoms with Crippen molar-refractivity contribution in [1.29, 1.82) is 0 Å². The van der Waals surface area contributed by atoms with Crippen LogP contribution in [0.3, 0.4) is 0 Å². The summed E-state index contributed by atoms with van der Waals surface area (Å²) in [5.41, 5.74) is 4.90. The number of aliphatic hydroxyl groups is 2. The summed E-state index contributed by atoms with van der Waals surface area (Å²) >= 11 is 0. The van der Waals surface area contributed by atoms with Crippen LogP contribution in [0.5, 0.6) is 5.75 Å². The molecule has 0 aliphatic heterocycles. The van der Waals surface area contributed by atoms with Crippen LogP contribution in [0.2, 0.25) is 0 Å². The van der Waals surface area contributed by atoms with Gasteiger partial charge in [0.15, 0.2) is 34.7 Å². The van der Waals surface area contributed by atoms with E-state index in [1.165, 1.54) is 13.0 Å². The molecule has 0 aromatic heterocycles. The smallest absolute Gasteiger partial charge is 0.433 e. The number of primary amides is 1. The summed E-state index contributed by atoms with van der Waals surface area (Å²) in [4.78, 5) is 93.1. The molecule has 6 N–H and O–H groups in total. The number of nitrogens with zero attached hydrogens (tertiary/aromatic N) is 1. The number of phenolic OH excluding ortho intramolecular Hbond substituents is 1. The molecule has 0 bridgehead atoms. The lowest BCUT2D eigenvalue weighted by Gasteiger charge is -2.53. The number of nitrogens with one attached hydrogen (secondary N) is 1. The number of phenols is 1. The molecular formula is C36H33N3O12. The molecule has 3 aromatic carbocycles. The van der Waals surface area contributed by atoms with Gasteiger partial charge in [-0.25, -0.2) is 15.0 Å². The van der Waals surface area contributed by atoms with Crippen LogP contribution in [0.4, 0.5) is 15.3 Å². The van der Waals surface area contributed by atoms with E-state index in [-0.39, 0.29) is 24.5 Å². The molecule has 2 saturated carbocycles. The summed E-state index contributed by atoms with van der Waals surface area (Å²) in [5.74, 6) is -15.4. The minimum absolute atomic E-state index is 0.0953. The number of aromatic hydroxyl groups is 1. The zero-order valence-electron chi connectivity index (χ0n) is 27.1. The van der Waals surface area contributed by atoms with E-state index in [2.05, 4.69) is 5.43 Å². The molecule has 2 unspecified atom stereocenters. The molecule has 3 amide bonds. The highest BCUT2D eigenvalue weighted by atomic mass is 16.6. The number of hydrazine groups is 1. The van der Waals surface area contributed by atoms with Gasteiger partial charge in [-0.2, -0.15) is 5.01 Å². The van der Waals surface area contributed by atoms with Crippen LogP contribution >= 0.6 is 0 Å². The number of amides is 3. The second-order valence-corrected chi connectivity index (χ2v) is 12.7. The van der Waals surface area contributed by atoms with E-state index >= 15 is 0 Å². The number of anilines is 1. The monoisotopic (exact) mass is 699 g/mol. The lowest BCUT2D eigenvalue weighted by Crippen LogP contribution is -2.72. The van der Waals surface area contributed by atoms with Crippen LogP contribution in [0.1, 0.15) is 46.3 Å². The van der Waals surface area contributed by atoms with E-state index in [4.69, 9.17) is 15.2 Å². The number of benzene rings is 3. The van der Waals surface area contributed by atoms with Gasteiger partial charge in [-0.15, -0.1) is 0 Å². The van der Waals surface area contributed by atoms with Gasteiger partial charge in [-0.3, -0.25) is 24.0 Å². The Labute approximate surface area is 289 Å². The van der Waals surface area contributed by atoms with Crippen LogP contribution in [-0.2, 0) is 41.9 Å². The summed E-state index contributed by atoms with van der Waals surface area (Å²) in [6.07, 6.45) is -4.88. The van der Waals surface area contributed by atoms with Gasteiger partial charge < -0.3 is 30.5 Å². The second kappa shape index (κ2) is 13.4. The standard InChI is InChI=1S/C36H33N3O12/c1-17-24-21(39(35(48)51-16-19-10-6-3-7-11-19)38-34(47)50-15-18-8-4-2-5-9-18)12-13-22(40)26(24)30(43)28-25(17)29(42)20-14-23(41)27(33(37)46)31(44)36(20,49)32(28)45/h2-13,17,20,25,27-29,40,42,49H,14-16H2,1H3,(H2,37,46)(H,38,47)/t17-,20+,25+,27?,28?,29+,36+/m0/s1. The van der Waals surface area contributed by atoms with Gasteiger partial charge in [0.25, 0.3) is 0 Å². The predicted molar refractivity (Wildman–Crippen MR) is 173 cm³/mol. The number of carbonyl (C=O) groups excluding carboxylic acids is 7.